The SMILES string of the molecule is COc1cccc2c1CC(=O)OC2=N/C(=C(/C#N)c1ccccc1)C(C)(C)C. The molecule has 2 aromatic carbocycles. The lowest BCUT2D eigenvalue weighted by Crippen LogP contribution is -2.25. The third-order valence-corrected chi connectivity index (χ3v) is 4.45. The number of ether oxygens (including phenoxy) is 2. The van der Waals surface area contributed by atoms with Gasteiger partial charge in [0.25, 0.3) is 0 Å². The zero-order valence-corrected chi connectivity index (χ0v) is 16.4. The molecule has 1 heterocycles. The fraction of sp³-hybridized carbons (Fsp3) is 0.261. The molecule has 1 aliphatic rings. The van der Waals surface area contributed by atoms with Crippen LogP contribution in [0.2, 0.25) is 0 Å². The Bertz CT molecular complexity index is 1010. The molecule has 0 fully saturated rings. The van der Waals surface area contributed by atoms with E-state index in [0.717, 1.165) is 11.1 Å². The van der Waals surface area contributed by atoms with Gasteiger partial charge in [-0.15, -0.1) is 0 Å². The van der Waals surface area contributed by atoms with Crippen molar-refractivity contribution in [3.63, 3.8) is 0 Å². The van der Waals surface area contributed by atoms with Crippen molar-refractivity contribution < 1.29 is 14.3 Å². The van der Waals surface area contributed by atoms with Gasteiger partial charge >= 0.3 is 5.97 Å². The number of fused-ring (bicyclic) bond motifs is 1. The summed E-state index contributed by atoms with van der Waals surface area (Å²) in [5.41, 5.74) is 2.77. The summed E-state index contributed by atoms with van der Waals surface area (Å²) in [5, 5.41) is 9.87. The quantitative estimate of drug-likeness (QED) is 0.585. The zero-order valence-electron chi connectivity index (χ0n) is 16.4. The van der Waals surface area contributed by atoms with Crippen molar-refractivity contribution >= 4 is 17.4 Å². The van der Waals surface area contributed by atoms with Crippen molar-refractivity contribution in [2.24, 2.45) is 10.4 Å². The summed E-state index contributed by atoms with van der Waals surface area (Å²) in [4.78, 5) is 16.9. The second-order valence-corrected chi connectivity index (χ2v) is 7.51. The normalized spacial score (nSPS) is 16.0. The van der Waals surface area contributed by atoms with E-state index in [1.54, 1.807) is 13.2 Å². The zero-order chi connectivity index (χ0) is 20.3. The number of methoxy groups -OCH3 is 1. The number of hydrogen-bond acceptors (Lipinski definition) is 5. The van der Waals surface area contributed by atoms with Crippen molar-refractivity contribution in [1.82, 2.24) is 0 Å². The van der Waals surface area contributed by atoms with E-state index in [2.05, 4.69) is 6.07 Å². The number of cyclic esters (lactones) is 1. The highest BCUT2D eigenvalue weighted by Gasteiger charge is 2.29. The molecular formula is C23H22N2O3. The molecule has 0 aliphatic carbocycles. The predicted octanol–water partition coefficient (Wildman–Crippen LogP) is 4.52. The minimum absolute atomic E-state index is 0.122. The molecule has 2 aromatic rings. The van der Waals surface area contributed by atoms with E-state index in [-0.39, 0.29) is 12.3 Å². The molecule has 0 spiro atoms. The van der Waals surface area contributed by atoms with Gasteiger partial charge in [-0.2, -0.15) is 5.26 Å². The Morgan fingerprint density at radius 3 is 2.46 bits per heavy atom. The number of carbonyl (C=O) groups excluding carboxylic acids is 1. The van der Waals surface area contributed by atoms with Crippen LogP contribution in [0.5, 0.6) is 5.75 Å². The summed E-state index contributed by atoms with van der Waals surface area (Å²) in [7, 11) is 1.57. The first kappa shape index (κ1) is 19.4. The van der Waals surface area contributed by atoms with Gasteiger partial charge in [0.1, 0.15) is 11.8 Å². The van der Waals surface area contributed by atoms with Crippen LogP contribution < -0.4 is 4.74 Å². The lowest BCUT2D eigenvalue weighted by molar-refractivity contribution is -0.135. The van der Waals surface area contributed by atoms with E-state index in [1.165, 1.54) is 0 Å². The lowest BCUT2D eigenvalue weighted by Gasteiger charge is -2.24. The van der Waals surface area contributed by atoms with Crippen LogP contribution in [0.4, 0.5) is 0 Å². The average Bonchev–Trinajstić information content (AvgIpc) is 2.67. The van der Waals surface area contributed by atoms with Crippen LogP contribution in [0.3, 0.4) is 0 Å². The first-order valence-electron chi connectivity index (χ1n) is 9.01. The predicted molar refractivity (Wildman–Crippen MR) is 108 cm³/mol. The minimum Gasteiger partial charge on any atom is -0.496 e. The highest BCUT2D eigenvalue weighted by atomic mass is 16.5. The van der Waals surface area contributed by atoms with Gasteiger partial charge in [-0.05, 0) is 17.7 Å². The molecule has 28 heavy (non-hydrogen) atoms. The Labute approximate surface area is 164 Å². The van der Waals surface area contributed by atoms with Crippen LogP contribution in [-0.2, 0) is 16.0 Å². The second kappa shape index (κ2) is 7.69. The Morgan fingerprint density at radius 2 is 1.86 bits per heavy atom. The van der Waals surface area contributed by atoms with Crippen LogP contribution in [0.1, 0.15) is 37.5 Å². The van der Waals surface area contributed by atoms with E-state index in [0.29, 0.717) is 22.6 Å². The van der Waals surface area contributed by atoms with Gasteiger partial charge in [0, 0.05) is 16.5 Å². The van der Waals surface area contributed by atoms with E-state index in [4.69, 9.17) is 14.5 Å². The maximum absolute atomic E-state index is 12.2. The molecule has 3 rings (SSSR count). The molecule has 5 heteroatoms. The molecule has 0 saturated heterocycles. The standard InChI is InChI=1S/C23H22N2O3/c1-23(2,3)21(18(14-24)15-9-6-5-7-10-15)25-22-16-11-8-12-19(27-4)17(16)13-20(26)28-22/h5-12H,13H2,1-4H3/b21-18-,25-22?. The molecule has 0 bridgehead atoms. The number of rotatable bonds is 3. The molecule has 0 N–H and O–H groups in total. The van der Waals surface area contributed by atoms with Gasteiger partial charge in [0.05, 0.1) is 24.8 Å². The fourth-order valence-electron chi connectivity index (χ4n) is 3.13. The molecule has 0 unspecified atom stereocenters. The van der Waals surface area contributed by atoms with Gasteiger partial charge in [-0.3, -0.25) is 4.79 Å². The van der Waals surface area contributed by atoms with Crippen molar-refractivity contribution in [1.29, 1.82) is 5.26 Å². The number of carbonyl (C=O) groups is 1. The van der Waals surface area contributed by atoms with Crippen LogP contribution in [0, 0.1) is 16.7 Å². The summed E-state index contributed by atoms with van der Waals surface area (Å²) >= 11 is 0. The van der Waals surface area contributed by atoms with Crippen molar-refractivity contribution in [2.75, 3.05) is 7.11 Å². The molecule has 0 amide bonds. The maximum Gasteiger partial charge on any atom is 0.317 e. The van der Waals surface area contributed by atoms with Crippen molar-refractivity contribution in [3.05, 3.63) is 70.9 Å². The summed E-state index contributed by atoms with van der Waals surface area (Å²) in [6.07, 6.45) is 0.122. The number of hydrogen-bond donors (Lipinski definition) is 0. The summed E-state index contributed by atoms with van der Waals surface area (Å²) in [6.45, 7) is 5.93. The highest BCUT2D eigenvalue weighted by Crippen LogP contribution is 2.35. The number of nitrogens with zero attached hydrogens (tertiary/aromatic N) is 2. The highest BCUT2D eigenvalue weighted by molar-refractivity contribution is 6.07. The molecule has 142 valence electrons. The Hall–Kier alpha value is -3.39. The second-order valence-electron chi connectivity index (χ2n) is 7.51. The number of aliphatic imine (C=N–C) groups is 1. The fourth-order valence-corrected chi connectivity index (χ4v) is 3.13. The minimum atomic E-state index is -0.448. The van der Waals surface area contributed by atoms with Crippen LogP contribution in [-0.4, -0.2) is 19.0 Å². The van der Waals surface area contributed by atoms with Gasteiger partial charge < -0.3 is 9.47 Å². The van der Waals surface area contributed by atoms with E-state index in [1.807, 2.05) is 63.2 Å². The topological polar surface area (TPSA) is 71.7 Å². The van der Waals surface area contributed by atoms with Crippen LogP contribution in [0.15, 0.2) is 59.2 Å². The third kappa shape index (κ3) is 3.81. The molecular weight excluding hydrogens is 352 g/mol. The van der Waals surface area contributed by atoms with Gasteiger partial charge in [0.15, 0.2) is 0 Å². The van der Waals surface area contributed by atoms with E-state index < -0.39 is 11.4 Å². The summed E-state index contributed by atoms with van der Waals surface area (Å²) < 4.78 is 10.9. The summed E-state index contributed by atoms with van der Waals surface area (Å²) in [5.74, 6) is 0.410. The Morgan fingerprint density at radius 1 is 1.14 bits per heavy atom. The smallest absolute Gasteiger partial charge is 0.317 e. The maximum atomic E-state index is 12.2. The molecule has 1 aliphatic heterocycles. The van der Waals surface area contributed by atoms with Crippen LogP contribution >= 0.6 is 0 Å². The monoisotopic (exact) mass is 374 g/mol. The number of esters is 1. The third-order valence-electron chi connectivity index (χ3n) is 4.45. The molecule has 5 nitrogen and oxygen atoms in total. The first-order chi connectivity index (χ1) is 13.3. The lowest BCUT2D eigenvalue weighted by atomic mass is 9.87. The number of nitriles is 1. The first-order valence-corrected chi connectivity index (χ1v) is 9.01. The van der Waals surface area contributed by atoms with Crippen molar-refractivity contribution in [3.8, 4) is 11.8 Å². The Balaban J connectivity index is 2.26. The molecule has 0 atom stereocenters. The average molecular weight is 374 g/mol. The molecule has 0 radical (unpaired) electrons. The van der Waals surface area contributed by atoms with Gasteiger partial charge in [0.2, 0.25) is 5.90 Å². The summed E-state index contributed by atoms with van der Waals surface area (Å²) in [6, 6.07) is 17.1. The van der Waals surface area contributed by atoms with Crippen LogP contribution in [0.25, 0.3) is 5.57 Å². The van der Waals surface area contributed by atoms with Crippen molar-refractivity contribution in [2.45, 2.75) is 27.2 Å². The largest absolute Gasteiger partial charge is 0.496 e. The molecule has 0 saturated carbocycles. The number of benzene rings is 2. The van der Waals surface area contributed by atoms with Gasteiger partial charge in [-0.1, -0.05) is 57.2 Å². The van der Waals surface area contributed by atoms with E-state index >= 15 is 0 Å². The van der Waals surface area contributed by atoms with E-state index in [9.17, 15) is 10.1 Å². The Kier molecular flexibility index (Phi) is 5.32. The number of allylic oxidation sites excluding steroid dienone is 2. The van der Waals surface area contributed by atoms with Gasteiger partial charge in [-0.25, -0.2) is 4.99 Å². The molecule has 0 aromatic heterocycles.